The van der Waals surface area contributed by atoms with Gasteiger partial charge in [0, 0.05) is 6.54 Å². The SMILES string of the molecule is CCOc1ccc(C(C)NC(=O)CNC(=O)NCc2ccc(F)cc2)cc1OCC. The van der Waals surface area contributed by atoms with Gasteiger partial charge in [0.25, 0.3) is 0 Å². The molecular weight excluding hydrogens is 389 g/mol. The first-order chi connectivity index (χ1) is 14.4. The van der Waals surface area contributed by atoms with Gasteiger partial charge in [-0.1, -0.05) is 18.2 Å². The summed E-state index contributed by atoms with van der Waals surface area (Å²) in [7, 11) is 0. The van der Waals surface area contributed by atoms with Crippen molar-refractivity contribution in [2.45, 2.75) is 33.4 Å². The molecule has 8 heteroatoms. The molecule has 2 aromatic rings. The second kappa shape index (κ2) is 11.6. The van der Waals surface area contributed by atoms with E-state index >= 15 is 0 Å². The lowest BCUT2D eigenvalue weighted by Crippen LogP contribution is -2.42. The van der Waals surface area contributed by atoms with Gasteiger partial charge in [0.1, 0.15) is 5.82 Å². The first-order valence-electron chi connectivity index (χ1n) is 9.88. The standard InChI is InChI=1S/C22H28FN3O4/c1-4-29-19-11-8-17(12-20(19)30-5-2)15(3)26-21(27)14-25-22(28)24-13-16-6-9-18(23)10-7-16/h6-12,15H,4-5,13-14H2,1-3H3,(H,26,27)(H2,24,25,28). The lowest BCUT2D eigenvalue weighted by atomic mass is 10.1. The summed E-state index contributed by atoms with van der Waals surface area (Å²) in [6.45, 7) is 6.72. The Morgan fingerprint density at radius 3 is 2.30 bits per heavy atom. The number of rotatable bonds is 10. The highest BCUT2D eigenvalue weighted by atomic mass is 19.1. The van der Waals surface area contributed by atoms with E-state index in [1.54, 1.807) is 12.1 Å². The van der Waals surface area contributed by atoms with Gasteiger partial charge in [-0.05, 0) is 56.2 Å². The number of carbonyl (C=O) groups is 2. The Labute approximate surface area is 176 Å². The van der Waals surface area contributed by atoms with Crippen molar-refractivity contribution in [3.8, 4) is 11.5 Å². The van der Waals surface area contributed by atoms with Crippen molar-refractivity contribution in [2.75, 3.05) is 19.8 Å². The molecule has 1 unspecified atom stereocenters. The predicted molar refractivity (Wildman–Crippen MR) is 112 cm³/mol. The highest BCUT2D eigenvalue weighted by molar-refractivity contribution is 5.84. The summed E-state index contributed by atoms with van der Waals surface area (Å²) in [4.78, 5) is 24.0. The van der Waals surface area contributed by atoms with Crippen molar-refractivity contribution < 1.29 is 23.5 Å². The molecule has 0 spiro atoms. The van der Waals surface area contributed by atoms with E-state index in [0.717, 1.165) is 11.1 Å². The maximum Gasteiger partial charge on any atom is 0.315 e. The molecule has 0 heterocycles. The normalized spacial score (nSPS) is 11.3. The van der Waals surface area contributed by atoms with E-state index in [-0.39, 0.29) is 30.9 Å². The molecule has 0 aliphatic rings. The van der Waals surface area contributed by atoms with Crippen LogP contribution in [0.2, 0.25) is 0 Å². The monoisotopic (exact) mass is 417 g/mol. The molecule has 0 bridgehead atoms. The molecule has 0 saturated heterocycles. The van der Waals surface area contributed by atoms with E-state index in [9.17, 15) is 14.0 Å². The number of halogens is 1. The van der Waals surface area contributed by atoms with Gasteiger partial charge in [-0.3, -0.25) is 4.79 Å². The molecule has 30 heavy (non-hydrogen) atoms. The summed E-state index contributed by atoms with van der Waals surface area (Å²) in [5, 5.41) is 7.95. The first kappa shape index (κ1) is 23.0. The summed E-state index contributed by atoms with van der Waals surface area (Å²) >= 11 is 0. The fourth-order valence-corrected chi connectivity index (χ4v) is 2.72. The molecule has 3 amide bonds. The molecule has 0 aliphatic heterocycles. The molecule has 3 N–H and O–H groups in total. The number of ether oxygens (including phenoxy) is 2. The van der Waals surface area contributed by atoms with Gasteiger partial charge < -0.3 is 25.4 Å². The molecule has 0 radical (unpaired) electrons. The third-order valence-electron chi connectivity index (χ3n) is 4.22. The lowest BCUT2D eigenvalue weighted by Gasteiger charge is -2.18. The Morgan fingerprint density at radius 2 is 1.63 bits per heavy atom. The third-order valence-corrected chi connectivity index (χ3v) is 4.22. The Morgan fingerprint density at radius 1 is 0.967 bits per heavy atom. The van der Waals surface area contributed by atoms with Crippen LogP contribution in [0.15, 0.2) is 42.5 Å². The summed E-state index contributed by atoms with van der Waals surface area (Å²) in [6, 6.07) is 10.5. The summed E-state index contributed by atoms with van der Waals surface area (Å²) in [5.41, 5.74) is 1.61. The number of hydrogen-bond acceptors (Lipinski definition) is 4. The van der Waals surface area contributed by atoms with Crippen LogP contribution < -0.4 is 25.4 Å². The average molecular weight is 417 g/mol. The number of urea groups is 1. The fourth-order valence-electron chi connectivity index (χ4n) is 2.72. The molecule has 0 saturated carbocycles. The maximum atomic E-state index is 12.9. The number of amides is 3. The van der Waals surface area contributed by atoms with Crippen LogP contribution in [-0.2, 0) is 11.3 Å². The third kappa shape index (κ3) is 7.27. The van der Waals surface area contributed by atoms with Crippen LogP contribution in [0.1, 0.15) is 37.9 Å². The minimum Gasteiger partial charge on any atom is -0.490 e. The molecule has 7 nitrogen and oxygen atoms in total. The van der Waals surface area contributed by atoms with E-state index < -0.39 is 6.03 Å². The van der Waals surface area contributed by atoms with Crippen LogP contribution in [0.25, 0.3) is 0 Å². The van der Waals surface area contributed by atoms with E-state index in [1.807, 2.05) is 39.0 Å². The van der Waals surface area contributed by atoms with Gasteiger partial charge in [-0.25, -0.2) is 9.18 Å². The van der Waals surface area contributed by atoms with Crippen molar-refractivity contribution >= 4 is 11.9 Å². The van der Waals surface area contributed by atoms with Crippen molar-refractivity contribution in [3.05, 3.63) is 59.4 Å². The van der Waals surface area contributed by atoms with Crippen molar-refractivity contribution in [1.29, 1.82) is 0 Å². The zero-order valence-electron chi connectivity index (χ0n) is 17.5. The first-order valence-corrected chi connectivity index (χ1v) is 9.88. The van der Waals surface area contributed by atoms with E-state index in [2.05, 4.69) is 16.0 Å². The molecule has 0 fully saturated rings. The fraction of sp³-hybridized carbons (Fsp3) is 0.364. The van der Waals surface area contributed by atoms with Gasteiger partial charge in [0.15, 0.2) is 11.5 Å². The largest absolute Gasteiger partial charge is 0.490 e. The van der Waals surface area contributed by atoms with E-state index in [4.69, 9.17) is 9.47 Å². The maximum absolute atomic E-state index is 12.9. The van der Waals surface area contributed by atoms with E-state index in [1.165, 1.54) is 12.1 Å². The van der Waals surface area contributed by atoms with Crippen LogP contribution in [0.4, 0.5) is 9.18 Å². The molecule has 0 aliphatic carbocycles. The van der Waals surface area contributed by atoms with Gasteiger partial charge in [-0.2, -0.15) is 0 Å². The summed E-state index contributed by atoms with van der Waals surface area (Å²) in [5.74, 6) is 0.610. The highest BCUT2D eigenvalue weighted by Crippen LogP contribution is 2.30. The number of hydrogen-bond donors (Lipinski definition) is 3. The number of carbonyl (C=O) groups excluding carboxylic acids is 2. The van der Waals surface area contributed by atoms with Crippen LogP contribution in [-0.4, -0.2) is 31.7 Å². The van der Waals surface area contributed by atoms with Crippen LogP contribution in [0, 0.1) is 5.82 Å². The summed E-state index contributed by atoms with van der Waals surface area (Å²) < 4.78 is 24.0. The van der Waals surface area contributed by atoms with Crippen LogP contribution in [0.5, 0.6) is 11.5 Å². The van der Waals surface area contributed by atoms with Crippen molar-refractivity contribution in [1.82, 2.24) is 16.0 Å². The Bertz CT molecular complexity index is 843. The predicted octanol–water partition coefficient (Wildman–Crippen LogP) is 3.30. The zero-order valence-corrected chi connectivity index (χ0v) is 17.5. The Balaban J connectivity index is 1.81. The summed E-state index contributed by atoms with van der Waals surface area (Å²) in [6.07, 6.45) is 0. The second-order valence-electron chi connectivity index (χ2n) is 6.52. The van der Waals surface area contributed by atoms with Gasteiger partial charge in [0.2, 0.25) is 5.91 Å². The Kier molecular flexibility index (Phi) is 8.93. The highest BCUT2D eigenvalue weighted by Gasteiger charge is 2.14. The topological polar surface area (TPSA) is 88.7 Å². The van der Waals surface area contributed by atoms with Gasteiger partial charge >= 0.3 is 6.03 Å². The molecular formula is C22H28FN3O4. The minimum absolute atomic E-state index is 0.172. The molecule has 1 atom stereocenters. The molecule has 2 rings (SSSR count). The minimum atomic E-state index is -0.484. The smallest absolute Gasteiger partial charge is 0.315 e. The quantitative estimate of drug-likeness (QED) is 0.553. The van der Waals surface area contributed by atoms with Crippen LogP contribution >= 0.6 is 0 Å². The van der Waals surface area contributed by atoms with E-state index in [0.29, 0.717) is 24.7 Å². The molecule has 2 aromatic carbocycles. The van der Waals surface area contributed by atoms with Crippen molar-refractivity contribution in [2.24, 2.45) is 0 Å². The zero-order chi connectivity index (χ0) is 21.9. The van der Waals surface area contributed by atoms with Crippen LogP contribution in [0.3, 0.4) is 0 Å². The second-order valence-corrected chi connectivity index (χ2v) is 6.52. The average Bonchev–Trinajstić information content (AvgIpc) is 2.73. The van der Waals surface area contributed by atoms with Gasteiger partial charge in [-0.15, -0.1) is 0 Å². The molecule has 162 valence electrons. The number of nitrogens with one attached hydrogen (secondary N) is 3. The molecule has 0 aromatic heterocycles. The Hall–Kier alpha value is -3.29. The van der Waals surface area contributed by atoms with Crippen molar-refractivity contribution in [3.63, 3.8) is 0 Å². The van der Waals surface area contributed by atoms with Gasteiger partial charge in [0.05, 0.1) is 25.8 Å². The number of benzene rings is 2. The lowest BCUT2D eigenvalue weighted by molar-refractivity contribution is -0.120.